The summed E-state index contributed by atoms with van der Waals surface area (Å²) in [6.07, 6.45) is 0. The lowest BCUT2D eigenvalue weighted by atomic mass is 10.1. The first-order valence-corrected chi connectivity index (χ1v) is 7.44. The molecule has 112 valence electrons. The van der Waals surface area contributed by atoms with E-state index in [4.69, 9.17) is 27.9 Å². The fourth-order valence-electron chi connectivity index (χ4n) is 2.10. The molecule has 0 aliphatic carbocycles. The van der Waals surface area contributed by atoms with E-state index >= 15 is 0 Å². The third-order valence-electron chi connectivity index (χ3n) is 3.09. The van der Waals surface area contributed by atoms with E-state index in [1.54, 1.807) is 12.1 Å². The van der Waals surface area contributed by atoms with Crippen molar-refractivity contribution in [3.8, 4) is 11.5 Å². The molecule has 2 N–H and O–H groups in total. The number of aromatic hydroxyl groups is 1. The van der Waals surface area contributed by atoms with Crippen molar-refractivity contribution in [2.45, 2.75) is 19.9 Å². The predicted octanol–water partition coefficient (Wildman–Crippen LogP) is 5.27. The van der Waals surface area contributed by atoms with Gasteiger partial charge < -0.3 is 15.2 Å². The lowest BCUT2D eigenvalue weighted by Gasteiger charge is -2.19. The van der Waals surface area contributed by atoms with Crippen LogP contribution < -0.4 is 10.1 Å². The Morgan fingerprint density at radius 3 is 2.43 bits per heavy atom. The molecule has 0 spiro atoms. The zero-order valence-corrected chi connectivity index (χ0v) is 13.4. The van der Waals surface area contributed by atoms with Crippen molar-refractivity contribution in [1.29, 1.82) is 0 Å². The molecule has 0 saturated heterocycles. The first-order chi connectivity index (χ1) is 10.0. The summed E-state index contributed by atoms with van der Waals surface area (Å²) in [5, 5.41) is 13.3. The minimum atomic E-state index is -0.105. The van der Waals surface area contributed by atoms with Crippen LogP contribution in [0.5, 0.6) is 11.5 Å². The Bertz CT molecular complexity index is 608. The second-order valence-corrected chi connectivity index (χ2v) is 5.44. The summed E-state index contributed by atoms with van der Waals surface area (Å²) in [4.78, 5) is 0. The molecule has 0 aromatic heterocycles. The number of hydrogen-bond acceptors (Lipinski definition) is 3. The van der Waals surface area contributed by atoms with Crippen molar-refractivity contribution >= 4 is 28.9 Å². The Kier molecular flexibility index (Phi) is 5.21. The van der Waals surface area contributed by atoms with E-state index in [0.29, 0.717) is 6.61 Å². The molecular weight excluding hydrogens is 309 g/mol. The van der Waals surface area contributed by atoms with E-state index in [9.17, 15) is 5.11 Å². The second-order valence-electron chi connectivity index (χ2n) is 4.63. The normalized spacial score (nSPS) is 12.0. The van der Waals surface area contributed by atoms with E-state index in [2.05, 4.69) is 5.32 Å². The lowest BCUT2D eigenvalue weighted by molar-refractivity contribution is 0.335. The van der Waals surface area contributed by atoms with Crippen molar-refractivity contribution in [2.75, 3.05) is 11.9 Å². The summed E-state index contributed by atoms with van der Waals surface area (Å²) < 4.78 is 5.63. The average Bonchev–Trinajstić information content (AvgIpc) is 2.45. The molecule has 0 saturated carbocycles. The molecule has 0 heterocycles. The van der Waals surface area contributed by atoms with Gasteiger partial charge in [-0.25, -0.2) is 0 Å². The van der Waals surface area contributed by atoms with Crippen molar-refractivity contribution in [1.82, 2.24) is 0 Å². The van der Waals surface area contributed by atoms with Crippen LogP contribution in [0.1, 0.15) is 25.5 Å². The Hall–Kier alpha value is -1.58. The number of rotatable bonds is 5. The molecule has 5 heteroatoms. The maximum atomic E-state index is 9.58. The second kappa shape index (κ2) is 6.92. The third-order valence-corrected chi connectivity index (χ3v) is 3.66. The van der Waals surface area contributed by atoms with Crippen LogP contribution in [-0.2, 0) is 0 Å². The maximum absolute atomic E-state index is 9.58. The smallest absolute Gasteiger partial charge is 0.152 e. The van der Waals surface area contributed by atoms with Gasteiger partial charge in [-0.05, 0) is 32.0 Å². The van der Waals surface area contributed by atoms with Crippen molar-refractivity contribution in [3.63, 3.8) is 0 Å². The van der Waals surface area contributed by atoms with E-state index in [-0.39, 0.29) is 21.8 Å². The van der Waals surface area contributed by atoms with E-state index in [0.717, 1.165) is 17.0 Å². The zero-order chi connectivity index (χ0) is 15.4. The minimum Gasteiger partial charge on any atom is -0.505 e. The predicted molar refractivity (Wildman–Crippen MR) is 87.8 cm³/mol. The number of anilines is 1. The van der Waals surface area contributed by atoms with Gasteiger partial charge in [-0.1, -0.05) is 41.4 Å². The maximum Gasteiger partial charge on any atom is 0.152 e. The highest BCUT2D eigenvalue weighted by Crippen LogP contribution is 2.36. The Morgan fingerprint density at radius 2 is 1.81 bits per heavy atom. The van der Waals surface area contributed by atoms with Crippen molar-refractivity contribution in [3.05, 3.63) is 52.0 Å². The monoisotopic (exact) mass is 325 g/mol. The van der Waals surface area contributed by atoms with Gasteiger partial charge in [0.05, 0.1) is 22.7 Å². The summed E-state index contributed by atoms with van der Waals surface area (Å²) >= 11 is 11.9. The van der Waals surface area contributed by atoms with E-state index < -0.39 is 0 Å². The van der Waals surface area contributed by atoms with Crippen LogP contribution in [0.2, 0.25) is 10.0 Å². The summed E-state index contributed by atoms with van der Waals surface area (Å²) in [5.74, 6) is 0.738. The number of phenols is 1. The van der Waals surface area contributed by atoms with Gasteiger partial charge in [0.25, 0.3) is 0 Å². The van der Waals surface area contributed by atoms with E-state index in [1.807, 2.05) is 38.1 Å². The Labute approximate surface area is 134 Å². The zero-order valence-electron chi connectivity index (χ0n) is 11.9. The van der Waals surface area contributed by atoms with Gasteiger partial charge in [-0.3, -0.25) is 0 Å². The average molecular weight is 326 g/mol. The molecule has 2 aromatic rings. The summed E-state index contributed by atoms with van der Waals surface area (Å²) in [5.41, 5.74) is 1.78. The Balaban J connectivity index is 2.24. The van der Waals surface area contributed by atoms with Gasteiger partial charge in [-0.15, -0.1) is 0 Å². The molecule has 3 nitrogen and oxygen atoms in total. The molecule has 1 unspecified atom stereocenters. The summed E-state index contributed by atoms with van der Waals surface area (Å²) in [6, 6.07) is 11.1. The molecule has 1 atom stereocenters. The third kappa shape index (κ3) is 3.74. The highest BCUT2D eigenvalue weighted by molar-refractivity contribution is 6.37. The number of hydrogen-bond donors (Lipinski definition) is 2. The number of para-hydroxylation sites is 1. The van der Waals surface area contributed by atoms with Crippen molar-refractivity contribution < 1.29 is 9.84 Å². The fraction of sp³-hybridized carbons (Fsp3) is 0.250. The highest BCUT2D eigenvalue weighted by Gasteiger charge is 2.13. The summed E-state index contributed by atoms with van der Waals surface area (Å²) in [6.45, 7) is 4.58. The van der Waals surface area contributed by atoms with Crippen LogP contribution in [0.4, 0.5) is 5.69 Å². The minimum absolute atomic E-state index is 0.00410. The quantitative estimate of drug-likeness (QED) is 0.735. The van der Waals surface area contributed by atoms with Gasteiger partial charge in [0, 0.05) is 11.3 Å². The largest absolute Gasteiger partial charge is 0.505 e. The van der Waals surface area contributed by atoms with Gasteiger partial charge in [0.15, 0.2) is 5.75 Å². The standard InChI is InChI=1S/C16H17Cl2NO2/c1-3-21-15-7-5-4-6-12(15)10(2)19-11-8-13(17)16(20)14(18)9-11/h4-10,19-20H,3H2,1-2H3. The van der Waals surface area contributed by atoms with Crippen LogP contribution in [0, 0.1) is 0 Å². The number of nitrogens with one attached hydrogen (secondary N) is 1. The molecule has 0 aliphatic heterocycles. The molecule has 21 heavy (non-hydrogen) atoms. The van der Waals surface area contributed by atoms with Crippen LogP contribution in [-0.4, -0.2) is 11.7 Å². The summed E-state index contributed by atoms with van der Waals surface area (Å²) in [7, 11) is 0. The molecule has 0 amide bonds. The van der Waals surface area contributed by atoms with E-state index in [1.165, 1.54) is 0 Å². The van der Waals surface area contributed by atoms with Crippen LogP contribution in [0.15, 0.2) is 36.4 Å². The molecular formula is C16H17Cl2NO2. The molecule has 0 fully saturated rings. The van der Waals surface area contributed by atoms with Crippen molar-refractivity contribution in [2.24, 2.45) is 0 Å². The molecule has 0 radical (unpaired) electrons. The first kappa shape index (κ1) is 15.8. The number of halogens is 2. The molecule has 2 rings (SSSR count). The molecule has 2 aromatic carbocycles. The number of ether oxygens (including phenoxy) is 1. The van der Waals surface area contributed by atoms with Crippen LogP contribution in [0.3, 0.4) is 0 Å². The van der Waals surface area contributed by atoms with Gasteiger partial charge in [0.2, 0.25) is 0 Å². The number of benzene rings is 2. The van der Waals surface area contributed by atoms with Gasteiger partial charge in [-0.2, -0.15) is 0 Å². The number of phenolic OH excluding ortho intramolecular Hbond substituents is 1. The van der Waals surface area contributed by atoms with Gasteiger partial charge >= 0.3 is 0 Å². The SMILES string of the molecule is CCOc1ccccc1C(C)Nc1cc(Cl)c(O)c(Cl)c1. The lowest BCUT2D eigenvalue weighted by Crippen LogP contribution is -2.09. The molecule has 0 aliphatic rings. The topological polar surface area (TPSA) is 41.5 Å². The van der Waals surface area contributed by atoms with Crippen LogP contribution in [0.25, 0.3) is 0 Å². The highest BCUT2D eigenvalue weighted by atomic mass is 35.5. The Morgan fingerprint density at radius 1 is 1.19 bits per heavy atom. The van der Waals surface area contributed by atoms with Gasteiger partial charge in [0.1, 0.15) is 5.75 Å². The van der Waals surface area contributed by atoms with Crippen LogP contribution >= 0.6 is 23.2 Å². The molecule has 0 bridgehead atoms. The first-order valence-electron chi connectivity index (χ1n) is 6.69. The fourth-order valence-corrected chi connectivity index (χ4v) is 2.59.